The van der Waals surface area contributed by atoms with Crippen LogP contribution in [0.1, 0.15) is 47.8 Å². The summed E-state index contributed by atoms with van der Waals surface area (Å²) in [5, 5.41) is 13.9. The SMILES string of the molecule is Cc1ccc(C(CC(=O)OC(C)C)NC(=O)c2cc[n+]([O-])cc2)cc1. The van der Waals surface area contributed by atoms with E-state index >= 15 is 0 Å². The van der Waals surface area contributed by atoms with Crippen molar-refractivity contribution in [3.63, 3.8) is 0 Å². The molecule has 0 spiro atoms. The van der Waals surface area contributed by atoms with E-state index < -0.39 is 6.04 Å². The van der Waals surface area contributed by atoms with Gasteiger partial charge in [-0.1, -0.05) is 29.8 Å². The Bertz CT molecular complexity index is 724. The first-order chi connectivity index (χ1) is 11.8. The number of hydrogen-bond donors (Lipinski definition) is 1. The summed E-state index contributed by atoms with van der Waals surface area (Å²) in [4.78, 5) is 24.5. The van der Waals surface area contributed by atoms with Crippen molar-refractivity contribution in [1.29, 1.82) is 0 Å². The van der Waals surface area contributed by atoms with Crippen LogP contribution in [0.4, 0.5) is 0 Å². The molecule has 132 valence electrons. The standard InChI is InChI=1S/C19H22N2O4/c1-13(2)25-18(22)12-17(15-6-4-14(3)5-7-15)20-19(23)16-8-10-21(24)11-9-16/h4-11,13,17H,12H2,1-3H3,(H,20,23). The lowest BCUT2D eigenvalue weighted by Gasteiger charge is -2.19. The monoisotopic (exact) mass is 342 g/mol. The Morgan fingerprint density at radius 2 is 1.72 bits per heavy atom. The summed E-state index contributed by atoms with van der Waals surface area (Å²) in [7, 11) is 0. The lowest BCUT2D eigenvalue weighted by Crippen LogP contribution is -2.32. The van der Waals surface area contributed by atoms with Gasteiger partial charge >= 0.3 is 5.97 Å². The highest BCUT2D eigenvalue weighted by Crippen LogP contribution is 2.19. The number of carbonyl (C=O) groups is 2. The fourth-order valence-electron chi connectivity index (χ4n) is 2.33. The molecule has 0 aliphatic carbocycles. The van der Waals surface area contributed by atoms with Crippen LogP contribution >= 0.6 is 0 Å². The number of aromatic nitrogens is 1. The highest BCUT2D eigenvalue weighted by molar-refractivity contribution is 5.94. The maximum Gasteiger partial charge on any atom is 0.308 e. The van der Waals surface area contributed by atoms with Crippen LogP contribution in [-0.2, 0) is 9.53 Å². The second kappa shape index (κ2) is 8.28. The van der Waals surface area contributed by atoms with Gasteiger partial charge in [0.05, 0.1) is 24.1 Å². The molecule has 1 aromatic heterocycles. The van der Waals surface area contributed by atoms with Crippen LogP contribution in [0.2, 0.25) is 0 Å². The molecule has 6 heteroatoms. The molecule has 1 heterocycles. The van der Waals surface area contributed by atoms with Crippen molar-refractivity contribution in [2.75, 3.05) is 0 Å². The third-order valence-corrected chi connectivity index (χ3v) is 3.59. The van der Waals surface area contributed by atoms with Gasteiger partial charge in [0.25, 0.3) is 5.91 Å². The van der Waals surface area contributed by atoms with E-state index in [1.165, 1.54) is 24.5 Å². The van der Waals surface area contributed by atoms with Crippen LogP contribution in [0.3, 0.4) is 0 Å². The van der Waals surface area contributed by atoms with Crippen molar-refractivity contribution in [2.24, 2.45) is 0 Å². The second-order valence-electron chi connectivity index (χ2n) is 6.13. The first-order valence-electron chi connectivity index (χ1n) is 8.11. The minimum absolute atomic E-state index is 0.0291. The van der Waals surface area contributed by atoms with Gasteiger partial charge in [-0.15, -0.1) is 0 Å². The molecular formula is C19H22N2O4. The number of nitrogens with one attached hydrogen (secondary N) is 1. The minimum Gasteiger partial charge on any atom is -0.619 e. The molecule has 1 unspecified atom stereocenters. The Hall–Kier alpha value is -2.89. The smallest absolute Gasteiger partial charge is 0.308 e. The van der Waals surface area contributed by atoms with Crippen LogP contribution in [0.25, 0.3) is 0 Å². The normalized spacial score (nSPS) is 11.8. The van der Waals surface area contributed by atoms with Gasteiger partial charge in [0, 0.05) is 12.1 Å². The maximum absolute atomic E-state index is 12.4. The van der Waals surface area contributed by atoms with Gasteiger partial charge < -0.3 is 15.3 Å². The van der Waals surface area contributed by atoms with Crippen molar-refractivity contribution in [3.05, 3.63) is 70.7 Å². The Kier molecular flexibility index (Phi) is 6.11. The van der Waals surface area contributed by atoms with Gasteiger partial charge in [0.15, 0.2) is 12.4 Å². The van der Waals surface area contributed by atoms with Crippen molar-refractivity contribution < 1.29 is 19.1 Å². The van der Waals surface area contributed by atoms with Crippen LogP contribution < -0.4 is 10.0 Å². The minimum atomic E-state index is -0.515. The summed E-state index contributed by atoms with van der Waals surface area (Å²) in [6, 6.07) is 9.94. The van der Waals surface area contributed by atoms with Crippen LogP contribution in [-0.4, -0.2) is 18.0 Å². The number of esters is 1. The summed E-state index contributed by atoms with van der Waals surface area (Å²) in [6.07, 6.45) is 2.32. The second-order valence-corrected chi connectivity index (χ2v) is 6.13. The largest absolute Gasteiger partial charge is 0.619 e. The van der Waals surface area contributed by atoms with Crippen LogP contribution in [0.5, 0.6) is 0 Å². The first kappa shape index (κ1) is 18.4. The third-order valence-electron chi connectivity index (χ3n) is 3.59. The van der Waals surface area contributed by atoms with E-state index in [0.717, 1.165) is 11.1 Å². The lowest BCUT2D eigenvalue weighted by atomic mass is 10.0. The number of amides is 1. The third kappa shape index (κ3) is 5.60. The van der Waals surface area contributed by atoms with Crippen molar-refractivity contribution >= 4 is 11.9 Å². The highest BCUT2D eigenvalue weighted by Gasteiger charge is 2.21. The van der Waals surface area contributed by atoms with Gasteiger partial charge in [-0.25, -0.2) is 0 Å². The quantitative estimate of drug-likeness (QED) is 0.496. The zero-order valence-corrected chi connectivity index (χ0v) is 14.6. The Balaban J connectivity index is 2.18. The fraction of sp³-hybridized carbons (Fsp3) is 0.316. The van der Waals surface area contributed by atoms with E-state index in [1.54, 1.807) is 13.8 Å². The average Bonchev–Trinajstić information content (AvgIpc) is 2.54. The molecule has 1 N–H and O–H groups in total. The zero-order valence-electron chi connectivity index (χ0n) is 14.6. The van der Waals surface area contributed by atoms with Crippen molar-refractivity contribution in [2.45, 2.75) is 39.3 Å². The number of carbonyl (C=O) groups excluding carboxylic acids is 2. The number of benzene rings is 1. The van der Waals surface area contributed by atoms with E-state index in [9.17, 15) is 14.8 Å². The van der Waals surface area contributed by atoms with Gasteiger partial charge in [0.1, 0.15) is 0 Å². The molecule has 0 radical (unpaired) electrons. The predicted molar refractivity (Wildman–Crippen MR) is 92.6 cm³/mol. The zero-order chi connectivity index (χ0) is 18.4. The Labute approximate surface area is 147 Å². The number of rotatable bonds is 6. The molecule has 1 amide bonds. The van der Waals surface area contributed by atoms with E-state index in [-0.39, 0.29) is 24.4 Å². The molecule has 2 aromatic rings. The molecule has 2 rings (SSSR count). The first-order valence-corrected chi connectivity index (χ1v) is 8.11. The Morgan fingerprint density at radius 3 is 2.28 bits per heavy atom. The fourth-order valence-corrected chi connectivity index (χ4v) is 2.33. The van der Waals surface area contributed by atoms with Gasteiger partial charge in [0.2, 0.25) is 0 Å². The molecule has 25 heavy (non-hydrogen) atoms. The van der Waals surface area contributed by atoms with Crippen LogP contribution in [0.15, 0.2) is 48.8 Å². The van der Waals surface area contributed by atoms with Crippen LogP contribution in [0, 0.1) is 12.1 Å². The topological polar surface area (TPSA) is 82.3 Å². The lowest BCUT2D eigenvalue weighted by molar-refractivity contribution is -0.605. The van der Waals surface area contributed by atoms with Gasteiger partial charge in [-0.2, -0.15) is 4.73 Å². The number of ether oxygens (including phenoxy) is 1. The summed E-state index contributed by atoms with van der Waals surface area (Å²) in [6.45, 7) is 5.52. The maximum atomic E-state index is 12.4. The molecule has 0 fully saturated rings. The predicted octanol–water partition coefficient (Wildman–Crippen LogP) is 2.44. The average molecular weight is 342 g/mol. The van der Waals surface area contributed by atoms with E-state index in [1.807, 2.05) is 31.2 Å². The Morgan fingerprint density at radius 1 is 1.12 bits per heavy atom. The molecule has 0 bridgehead atoms. The molecular weight excluding hydrogens is 320 g/mol. The summed E-state index contributed by atoms with van der Waals surface area (Å²) >= 11 is 0. The number of pyridine rings is 1. The summed E-state index contributed by atoms with van der Waals surface area (Å²) in [5.74, 6) is -0.741. The molecule has 1 atom stereocenters. The van der Waals surface area contributed by atoms with Crippen molar-refractivity contribution in [1.82, 2.24) is 5.32 Å². The molecule has 0 saturated carbocycles. The molecule has 0 aliphatic rings. The summed E-state index contributed by atoms with van der Waals surface area (Å²) in [5.41, 5.74) is 2.25. The molecule has 1 aromatic carbocycles. The summed E-state index contributed by atoms with van der Waals surface area (Å²) < 4.78 is 5.80. The number of nitrogens with zero attached hydrogens (tertiary/aromatic N) is 1. The van der Waals surface area contributed by atoms with E-state index in [2.05, 4.69) is 5.32 Å². The molecule has 0 saturated heterocycles. The molecule has 6 nitrogen and oxygen atoms in total. The van der Waals surface area contributed by atoms with Gasteiger partial charge in [-0.05, 0) is 26.3 Å². The number of hydrogen-bond acceptors (Lipinski definition) is 4. The number of aryl methyl sites for hydroxylation is 1. The highest BCUT2D eigenvalue weighted by atomic mass is 16.5. The van der Waals surface area contributed by atoms with E-state index in [4.69, 9.17) is 4.74 Å². The molecule has 0 aliphatic heterocycles. The van der Waals surface area contributed by atoms with Gasteiger partial charge in [-0.3, -0.25) is 9.59 Å². The van der Waals surface area contributed by atoms with Crippen molar-refractivity contribution in [3.8, 4) is 0 Å². The van der Waals surface area contributed by atoms with E-state index in [0.29, 0.717) is 10.3 Å².